The smallest absolute Gasteiger partial charge is 0.182 e. The van der Waals surface area contributed by atoms with Gasteiger partial charge in [0.25, 0.3) is 0 Å². The summed E-state index contributed by atoms with van der Waals surface area (Å²) in [7, 11) is 0. The first-order valence-corrected chi connectivity index (χ1v) is 6.87. The first kappa shape index (κ1) is 12.0. The van der Waals surface area contributed by atoms with Crippen LogP contribution in [0.15, 0.2) is 18.2 Å². The van der Waals surface area contributed by atoms with Crippen LogP contribution in [0.3, 0.4) is 0 Å². The molecule has 1 saturated carbocycles. The number of rotatable bonds is 2. The molecule has 3 nitrogen and oxygen atoms in total. The number of hydrogen-bond acceptors (Lipinski definition) is 2. The van der Waals surface area contributed by atoms with E-state index < -0.39 is 0 Å². The third-order valence-electron chi connectivity index (χ3n) is 3.41. The molecule has 0 atom stereocenters. The van der Waals surface area contributed by atoms with E-state index in [1.54, 1.807) is 18.2 Å². The number of aromatic amines is 1. The summed E-state index contributed by atoms with van der Waals surface area (Å²) in [6, 6.07) is 5.33. The van der Waals surface area contributed by atoms with Crippen molar-refractivity contribution < 1.29 is 0 Å². The molecule has 1 N–H and O–H groups in total. The summed E-state index contributed by atoms with van der Waals surface area (Å²) in [6.45, 7) is 0. The number of nitrogens with one attached hydrogen (secondary N) is 1. The van der Waals surface area contributed by atoms with Crippen molar-refractivity contribution in [3.63, 3.8) is 0 Å². The van der Waals surface area contributed by atoms with Crippen molar-refractivity contribution >= 4 is 23.2 Å². The Bertz CT molecular complexity index is 559. The average molecular weight is 282 g/mol. The number of halogens is 2. The van der Waals surface area contributed by atoms with Crippen LogP contribution in [0.25, 0.3) is 11.4 Å². The third-order valence-corrected chi connectivity index (χ3v) is 3.98. The molecule has 0 aliphatic heterocycles. The molecule has 1 aromatic carbocycles. The van der Waals surface area contributed by atoms with Gasteiger partial charge in [-0.15, -0.1) is 0 Å². The van der Waals surface area contributed by atoms with Gasteiger partial charge in [-0.05, 0) is 31.0 Å². The van der Waals surface area contributed by atoms with Gasteiger partial charge < -0.3 is 0 Å². The minimum absolute atomic E-state index is 0.518. The Balaban J connectivity index is 1.94. The van der Waals surface area contributed by atoms with Gasteiger partial charge in [-0.1, -0.05) is 36.0 Å². The van der Waals surface area contributed by atoms with E-state index in [-0.39, 0.29) is 0 Å². The van der Waals surface area contributed by atoms with Crippen molar-refractivity contribution in [3.05, 3.63) is 34.1 Å². The molecule has 94 valence electrons. The van der Waals surface area contributed by atoms with Crippen molar-refractivity contribution in [2.75, 3.05) is 0 Å². The van der Waals surface area contributed by atoms with Crippen molar-refractivity contribution in [3.8, 4) is 11.4 Å². The van der Waals surface area contributed by atoms with Gasteiger partial charge >= 0.3 is 0 Å². The Morgan fingerprint density at radius 1 is 1.17 bits per heavy atom. The highest BCUT2D eigenvalue weighted by Crippen LogP contribution is 2.34. The van der Waals surface area contributed by atoms with Crippen LogP contribution in [-0.4, -0.2) is 15.2 Å². The Morgan fingerprint density at radius 2 is 1.94 bits per heavy atom. The van der Waals surface area contributed by atoms with Gasteiger partial charge in [0.05, 0.1) is 5.02 Å². The Morgan fingerprint density at radius 3 is 2.72 bits per heavy atom. The molecule has 0 unspecified atom stereocenters. The normalized spacial score (nSPS) is 16.3. The summed E-state index contributed by atoms with van der Waals surface area (Å²) in [6.07, 6.45) is 4.94. The molecule has 1 fully saturated rings. The SMILES string of the molecule is Clc1ccc(Cl)c(-c2n[nH]c(C3CCCC3)n2)c1. The van der Waals surface area contributed by atoms with Crippen LogP contribution < -0.4 is 0 Å². The van der Waals surface area contributed by atoms with Gasteiger partial charge in [0, 0.05) is 16.5 Å². The minimum atomic E-state index is 0.518. The molecule has 1 aromatic heterocycles. The summed E-state index contributed by atoms with van der Waals surface area (Å²) >= 11 is 12.1. The van der Waals surface area contributed by atoms with Crippen LogP contribution in [0, 0.1) is 0 Å². The van der Waals surface area contributed by atoms with Gasteiger partial charge in [-0.2, -0.15) is 5.10 Å². The largest absolute Gasteiger partial charge is 0.262 e. The fourth-order valence-corrected chi connectivity index (χ4v) is 2.82. The molecule has 3 rings (SSSR count). The van der Waals surface area contributed by atoms with Gasteiger partial charge in [0.1, 0.15) is 5.82 Å². The minimum Gasteiger partial charge on any atom is -0.262 e. The molecule has 18 heavy (non-hydrogen) atoms. The number of aromatic nitrogens is 3. The molecule has 0 saturated heterocycles. The van der Waals surface area contributed by atoms with Gasteiger partial charge in [-0.25, -0.2) is 4.98 Å². The lowest BCUT2D eigenvalue weighted by Crippen LogP contribution is -1.94. The van der Waals surface area contributed by atoms with Gasteiger partial charge in [0.2, 0.25) is 0 Å². The van der Waals surface area contributed by atoms with Crippen LogP contribution in [0.2, 0.25) is 10.0 Å². The lowest BCUT2D eigenvalue weighted by molar-refractivity contribution is 0.672. The van der Waals surface area contributed by atoms with E-state index in [2.05, 4.69) is 15.2 Å². The van der Waals surface area contributed by atoms with Crippen molar-refractivity contribution in [2.45, 2.75) is 31.6 Å². The molecule has 5 heteroatoms. The second-order valence-electron chi connectivity index (χ2n) is 4.65. The predicted molar refractivity (Wildman–Crippen MR) is 73.0 cm³/mol. The van der Waals surface area contributed by atoms with E-state index >= 15 is 0 Å². The summed E-state index contributed by atoms with van der Waals surface area (Å²) in [5.41, 5.74) is 0.782. The van der Waals surface area contributed by atoms with E-state index in [1.807, 2.05) is 0 Å². The Kier molecular flexibility index (Phi) is 3.27. The Labute approximate surface area is 116 Å². The fraction of sp³-hybridized carbons (Fsp3) is 0.385. The fourth-order valence-electron chi connectivity index (χ4n) is 2.45. The highest BCUT2D eigenvalue weighted by Gasteiger charge is 2.21. The quantitative estimate of drug-likeness (QED) is 0.884. The van der Waals surface area contributed by atoms with Crippen LogP contribution >= 0.6 is 23.2 Å². The molecular weight excluding hydrogens is 269 g/mol. The van der Waals surface area contributed by atoms with E-state index in [4.69, 9.17) is 23.2 Å². The third kappa shape index (κ3) is 2.25. The zero-order valence-electron chi connectivity index (χ0n) is 9.79. The topological polar surface area (TPSA) is 41.6 Å². The molecule has 0 amide bonds. The lowest BCUT2D eigenvalue weighted by Gasteiger charge is -2.02. The standard InChI is InChI=1S/C13H13Cl2N3/c14-9-5-6-11(15)10(7-9)13-16-12(17-18-13)8-3-1-2-4-8/h5-8H,1-4H2,(H,16,17,18). The van der Waals surface area contributed by atoms with Crippen molar-refractivity contribution in [1.29, 1.82) is 0 Å². The van der Waals surface area contributed by atoms with Crippen LogP contribution in [0.5, 0.6) is 0 Å². The zero-order valence-corrected chi connectivity index (χ0v) is 11.3. The van der Waals surface area contributed by atoms with Gasteiger partial charge in [0.15, 0.2) is 5.82 Å². The van der Waals surface area contributed by atoms with Gasteiger partial charge in [-0.3, -0.25) is 5.10 Å². The monoisotopic (exact) mass is 281 g/mol. The maximum atomic E-state index is 6.15. The second kappa shape index (κ2) is 4.90. The highest BCUT2D eigenvalue weighted by atomic mass is 35.5. The van der Waals surface area contributed by atoms with E-state index in [0.29, 0.717) is 21.8 Å². The molecule has 0 spiro atoms. The maximum Gasteiger partial charge on any atom is 0.182 e. The second-order valence-corrected chi connectivity index (χ2v) is 5.49. The van der Waals surface area contributed by atoms with Crippen LogP contribution in [0.4, 0.5) is 0 Å². The lowest BCUT2D eigenvalue weighted by atomic mass is 10.1. The predicted octanol–water partition coefficient (Wildman–Crippen LogP) is 4.44. The number of H-pyrrole nitrogens is 1. The number of nitrogens with zero attached hydrogens (tertiary/aromatic N) is 2. The molecule has 0 bridgehead atoms. The van der Waals surface area contributed by atoms with Crippen LogP contribution in [-0.2, 0) is 0 Å². The summed E-state index contributed by atoms with van der Waals surface area (Å²) < 4.78 is 0. The van der Waals surface area contributed by atoms with E-state index in [9.17, 15) is 0 Å². The highest BCUT2D eigenvalue weighted by molar-refractivity contribution is 6.35. The molecule has 2 aromatic rings. The van der Waals surface area contributed by atoms with E-state index in [1.165, 1.54) is 25.7 Å². The maximum absolute atomic E-state index is 6.15. The van der Waals surface area contributed by atoms with Crippen molar-refractivity contribution in [1.82, 2.24) is 15.2 Å². The van der Waals surface area contributed by atoms with Crippen LogP contribution in [0.1, 0.15) is 37.4 Å². The average Bonchev–Trinajstić information content (AvgIpc) is 3.00. The number of hydrogen-bond donors (Lipinski definition) is 1. The number of benzene rings is 1. The first-order chi connectivity index (χ1) is 8.74. The molecule has 1 aliphatic carbocycles. The zero-order chi connectivity index (χ0) is 12.5. The summed E-state index contributed by atoms with van der Waals surface area (Å²) in [5, 5.41) is 8.55. The Hall–Kier alpha value is -1.06. The summed E-state index contributed by atoms with van der Waals surface area (Å²) in [4.78, 5) is 4.55. The first-order valence-electron chi connectivity index (χ1n) is 6.12. The molecular formula is C13H13Cl2N3. The molecule has 1 heterocycles. The van der Waals surface area contributed by atoms with Crippen molar-refractivity contribution in [2.24, 2.45) is 0 Å². The molecule has 0 radical (unpaired) electrons. The summed E-state index contributed by atoms with van der Waals surface area (Å²) in [5.74, 6) is 2.12. The van der Waals surface area contributed by atoms with E-state index in [0.717, 1.165) is 11.4 Å². The molecule has 1 aliphatic rings.